The van der Waals surface area contributed by atoms with Crippen molar-refractivity contribution in [2.24, 2.45) is 21.5 Å². The molecule has 0 aliphatic carbocycles. The lowest BCUT2D eigenvalue weighted by Crippen LogP contribution is -2.54. The molecule has 0 spiro atoms. The van der Waals surface area contributed by atoms with Gasteiger partial charge in [-0.05, 0) is 29.7 Å². The van der Waals surface area contributed by atoms with Crippen LogP contribution in [0.15, 0.2) is 52.4 Å². The van der Waals surface area contributed by atoms with Gasteiger partial charge in [-0.2, -0.15) is 10.1 Å². The first-order valence-corrected chi connectivity index (χ1v) is 7.63. The Kier molecular flexibility index (Phi) is 3.92. The van der Waals surface area contributed by atoms with Gasteiger partial charge in [0.05, 0.1) is 0 Å². The SMILES string of the molecule is CCC1(C)N=C(N)N=C(N)N1OCc1cccc2ccccc12. The summed E-state index contributed by atoms with van der Waals surface area (Å²) in [4.78, 5) is 14.3. The molecule has 6 nitrogen and oxygen atoms in total. The number of rotatable bonds is 4. The number of hydrogen-bond donors (Lipinski definition) is 2. The van der Waals surface area contributed by atoms with E-state index in [0.29, 0.717) is 13.0 Å². The van der Waals surface area contributed by atoms with Crippen LogP contribution in [0.3, 0.4) is 0 Å². The molecule has 0 fully saturated rings. The Morgan fingerprint density at radius 2 is 1.87 bits per heavy atom. The van der Waals surface area contributed by atoms with Crippen molar-refractivity contribution < 1.29 is 4.84 Å². The predicted molar refractivity (Wildman–Crippen MR) is 92.5 cm³/mol. The van der Waals surface area contributed by atoms with Crippen LogP contribution in [0.2, 0.25) is 0 Å². The van der Waals surface area contributed by atoms with E-state index in [-0.39, 0.29) is 11.9 Å². The molecule has 6 heteroatoms. The van der Waals surface area contributed by atoms with Gasteiger partial charge in [-0.25, -0.2) is 4.99 Å². The lowest BCUT2D eigenvalue weighted by molar-refractivity contribution is -0.172. The molecule has 0 radical (unpaired) electrons. The molecule has 2 aromatic rings. The zero-order valence-electron chi connectivity index (χ0n) is 13.4. The zero-order valence-corrected chi connectivity index (χ0v) is 13.4. The van der Waals surface area contributed by atoms with Crippen molar-refractivity contribution in [3.8, 4) is 0 Å². The van der Waals surface area contributed by atoms with Crippen LogP contribution in [0.1, 0.15) is 25.8 Å². The topological polar surface area (TPSA) is 89.2 Å². The number of nitrogens with two attached hydrogens (primary N) is 2. The van der Waals surface area contributed by atoms with Crippen molar-refractivity contribution in [2.45, 2.75) is 32.5 Å². The Balaban J connectivity index is 1.86. The molecule has 23 heavy (non-hydrogen) atoms. The first-order valence-electron chi connectivity index (χ1n) is 7.63. The third-order valence-electron chi connectivity index (χ3n) is 4.13. The van der Waals surface area contributed by atoms with E-state index in [1.165, 1.54) is 5.39 Å². The van der Waals surface area contributed by atoms with Crippen molar-refractivity contribution >= 4 is 22.7 Å². The van der Waals surface area contributed by atoms with E-state index in [2.05, 4.69) is 28.2 Å². The van der Waals surface area contributed by atoms with Gasteiger partial charge < -0.3 is 11.5 Å². The van der Waals surface area contributed by atoms with Crippen LogP contribution in [0.25, 0.3) is 10.8 Å². The smallest absolute Gasteiger partial charge is 0.226 e. The molecule has 1 heterocycles. The van der Waals surface area contributed by atoms with E-state index in [9.17, 15) is 0 Å². The Morgan fingerprint density at radius 1 is 1.13 bits per heavy atom. The summed E-state index contributed by atoms with van der Waals surface area (Å²) in [6.07, 6.45) is 0.694. The minimum absolute atomic E-state index is 0.178. The highest BCUT2D eigenvalue weighted by Crippen LogP contribution is 2.26. The fourth-order valence-electron chi connectivity index (χ4n) is 2.71. The largest absolute Gasteiger partial charge is 0.368 e. The highest BCUT2D eigenvalue weighted by molar-refractivity contribution is 5.95. The van der Waals surface area contributed by atoms with Crippen molar-refractivity contribution in [3.05, 3.63) is 48.0 Å². The Bertz CT molecular complexity index is 780. The Hall–Kier alpha value is -2.60. The number of fused-ring (bicyclic) bond motifs is 1. The van der Waals surface area contributed by atoms with Crippen LogP contribution >= 0.6 is 0 Å². The zero-order chi connectivity index (χ0) is 16.4. The summed E-state index contributed by atoms with van der Waals surface area (Å²) in [5.41, 5.74) is 12.1. The summed E-state index contributed by atoms with van der Waals surface area (Å²) < 4.78 is 0. The average Bonchev–Trinajstić information content (AvgIpc) is 2.54. The summed E-state index contributed by atoms with van der Waals surface area (Å²) in [5, 5.41) is 3.88. The van der Waals surface area contributed by atoms with Gasteiger partial charge in [-0.1, -0.05) is 49.4 Å². The van der Waals surface area contributed by atoms with Crippen LogP contribution in [-0.2, 0) is 11.4 Å². The molecule has 1 atom stereocenters. The lowest BCUT2D eigenvalue weighted by Gasteiger charge is -2.38. The summed E-state index contributed by atoms with van der Waals surface area (Å²) in [5.74, 6) is 0.402. The maximum absolute atomic E-state index is 5.99. The molecule has 0 bridgehead atoms. The van der Waals surface area contributed by atoms with Gasteiger partial charge >= 0.3 is 0 Å². The molecule has 1 aliphatic heterocycles. The molecule has 0 saturated carbocycles. The van der Waals surface area contributed by atoms with Gasteiger partial charge in [0, 0.05) is 0 Å². The molecule has 0 amide bonds. The molecular formula is C17H21N5O. The van der Waals surface area contributed by atoms with Gasteiger partial charge in [-0.3, -0.25) is 4.84 Å². The van der Waals surface area contributed by atoms with E-state index in [0.717, 1.165) is 10.9 Å². The molecule has 4 N–H and O–H groups in total. The van der Waals surface area contributed by atoms with Crippen molar-refractivity contribution in [1.82, 2.24) is 5.06 Å². The molecule has 0 saturated heterocycles. The average molecular weight is 311 g/mol. The van der Waals surface area contributed by atoms with E-state index in [1.807, 2.05) is 38.1 Å². The molecule has 3 rings (SSSR count). The first kappa shape index (κ1) is 15.3. The monoisotopic (exact) mass is 311 g/mol. The Labute approximate surface area is 135 Å². The van der Waals surface area contributed by atoms with Gasteiger partial charge in [0.1, 0.15) is 6.61 Å². The number of hydroxylamine groups is 2. The Morgan fingerprint density at radius 3 is 2.65 bits per heavy atom. The molecule has 1 aliphatic rings. The normalized spacial score (nSPS) is 21.2. The van der Waals surface area contributed by atoms with Crippen LogP contribution in [0.5, 0.6) is 0 Å². The number of hydrogen-bond acceptors (Lipinski definition) is 6. The lowest BCUT2D eigenvalue weighted by atomic mass is 10.1. The van der Waals surface area contributed by atoms with Crippen LogP contribution in [-0.4, -0.2) is 22.6 Å². The highest BCUT2D eigenvalue weighted by Gasteiger charge is 2.36. The van der Waals surface area contributed by atoms with Crippen LogP contribution in [0, 0.1) is 0 Å². The van der Waals surface area contributed by atoms with Gasteiger partial charge in [0.2, 0.25) is 11.9 Å². The maximum atomic E-state index is 5.99. The number of benzene rings is 2. The fraction of sp³-hybridized carbons (Fsp3) is 0.294. The van der Waals surface area contributed by atoms with Gasteiger partial charge in [0.25, 0.3) is 0 Å². The molecule has 2 aromatic carbocycles. The van der Waals surface area contributed by atoms with Gasteiger partial charge in [0.15, 0.2) is 5.66 Å². The second-order valence-electron chi connectivity index (χ2n) is 5.72. The minimum Gasteiger partial charge on any atom is -0.368 e. The van der Waals surface area contributed by atoms with Crippen molar-refractivity contribution in [3.63, 3.8) is 0 Å². The summed E-state index contributed by atoms with van der Waals surface area (Å²) >= 11 is 0. The molecule has 120 valence electrons. The van der Waals surface area contributed by atoms with E-state index in [4.69, 9.17) is 16.3 Å². The minimum atomic E-state index is -0.652. The van der Waals surface area contributed by atoms with E-state index < -0.39 is 5.66 Å². The van der Waals surface area contributed by atoms with Gasteiger partial charge in [-0.15, -0.1) is 0 Å². The molecule has 1 unspecified atom stereocenters. The standard InChI is InChI=1S/C17H21N5O/c1-3-17(2)21-15(18)20-16(19)22(17)23-11-13-9-6-8-12-7-4-5-10-14(12)13/h4-10H,3,11H2,1-2H3,(H4,18,19,20,21). The fourth-order valence-corrected chi connectivity index (χ4v) is 2.71. The molecular weight excluding hydrogens is 290 g/mol. The predicted octanol–water partition coefficient (Wildman–Crippen LogP) is 2.34. The highest BCUT2D eigenvalue weighted by atomic mass is 16.7. The second-order valence-corrected chi connectivity index (χ2v) is 5.72. The van der Waals surface area contributed by atoms with Crippen molar-refractivity contribution in [2.75, 3.05) is 0 Å². The maximum Gasteiger partial charge on any atom is 0.226 e. The second kappa shape index (κ2) is 5.89. The van der Waals surface area contributed by atoms with Crippen LogP contribution < -0.4 is 11.5 Å². The number of guanidine groups is 2. The number of nitrogens with zero attached hydrogens (tertiary/aromatic N) is 3. The van der Waals surface area contributed by atoms with E-state index >= 15 is 0 Å². The van der Waals surface area contributed by atoms with Crippen molar-refractivity contribution in [1.29, 1.82) is 0 Å². The van der Waals surface area contributed by atoms with Crippen LogP contribution in [0.4, 0.5) is 0 Å². The third kappa shape index (κ3) is 2.85. The summed E-state index contributed by atoms with van der Waals surface area (Å²) in [6.45, 7) is 4.30. The number of aliphatic imine (C=N–C) groups is 2. The quantitative estimate of drug-likeness (QED) is 0.907. The molecule has 0 aromatic heterocycles. The first-order chi connectivity index (χ1) is 11.0. The van der Waals surface area contributed by atoms with E-state index in [1.54, 1.807) is 5.06 Å². The summed E-state index contributed by atoms with van der Waals surface area (Å²) in [7, 11) is 0. The third-order valence-corrected chi connectivity index (χ3v) is 4.13. The summed E-state index contributed by atoms with van der Waals surface area (Å²) in [6, 6.07) is 14.3.